The van der Waals surface area contributed by atoms with E-state index < -0.39 is 10.0 Å². The molecule has 8 heteroatoms. The van der Waals surface area contributed by atoms with Gasteiger partial charge in [-0.3, -0.25) is 9.59 Å². The zero-order chi connectivity index (χ0) is 23.6. The molecule has 176 valence electrons. The molecule has 0 heterocycles. The van der Waals surface area contributed by atoms with Gasteiger partial charge >= 0.3 is 0 Å². The van der Waals surface area contributed by atoms with E-state index in [9.17, 15) is 18.0 Å². The number of carbonyl (C=O) groups is 2. The molecule has 4 atom stereocenters. The number of hydrogen-bond donors (Lipinski definition) is 2. The van der Waals surface area contributed by atoms with Crippen LogP contribution in [0.15, 0.2) is 53.4 Å². The predicted molar refractivity (Wildman–Crippen MR) is 126 cm³/mol. The van der Waals surface area contributed by atoms with Gasteiger partial charge in [-0.2, -0.15) is 0 Å². The van der Waals surface area contributed by atoms with Crippen molar-refractivity contribution < 1.29 is 22.7 Å². The fourth-order valence-electron chi connectivity index (χ4n) is 5.16. The Morgan fingerprint density at radius 2 is 1.73 bits per heavy atom. The summed E-state index contributed by atoms with van der Waals surface area (Å²) in [5.41, 5.74) is 1.05. The van der Waals surface area contributed by atoms with Gasteiger partial charge in [0.1, 0.15) is 5.75 Å². The summed E-state index contributed by atoms with van der Waals surface area (Å²) in [6.45, 7) is 3.24. The Morgan fingerprint density at radius 1 is 1.03 bits per heavy atom. The van der Waals surface area contributed by atoms with Crippen LogP contribution in [0.1, 0.15) is 49.9 Å². The number of ether oxygens (including phenoxy) is 1. The topological polar surface area (TPSA) is 102 Å². The SMILES string of the molecule is CC(=O)c1ccc(OCC(=O)Nc2ccc(S(=O)(=O)NC(C)C3CC4CCC3C4)cc2)cc1. The highest BCUT2D eigenvalue weighted by atomic mass is 32.2. The minimum Gasteiger partial charge on any atom is -0.484 e. The van der Waals surface area contributed by atoms with E-state index in [-0.39, 0.29) is 29.2 Å². The van der Waals surface area contributed by atoms with Crippen LogP contribution in [-0.2, 0) is 14.8 Å². The highest BCUT2D eigenvalue weighted by Gasteiger charge is 2.42. The number of carbonyl (C=O) groups excluding carboxylic acids is 2. The average molecular weight is 471 g/mol. The second-order valence-corrected chi connectivity index (χ2v) is 10.9. The molecule has 2 bridgehead atoms. The van der Waals surface area contributed by atoms with Crippen LogP contribution in [0, 0.1) is 17.8 Å². The second kappa shape index (κ2) is 9.65. The molecular formula is C25H30N2O5S. The number of nitrogens with one attached hydrogen (secondary N) is 2. The maximum atomic E-state index is 12.8. The third-order valence-corrected chi connectivity index (χ3v) is 8.43. The number of sulfonamides is 1. The van der Waals surface area contributed by atoms with Gasteiger partial charge in [-0.05, 0) is 99.4 Å². The molecule has 0 aliphatic heterocycles. The van der Waals surface area contributed by atoms with Gasteiger partial charge in [0, 0.05) is 17.3 Å². The molecule has 2 fully saturated rings. The van der Waals surface area contributed by atoms with Crippen molar-refractivity contribution in [3.63, 3.8) is 0 Å². The van der Waals surface area contributed by atoms with Crippen molar-refractivity contribution in [2.45, 2.75) is 50.5 Å². The zero-order valence-corrected chi connectivity index (χ0v) is 19.7. The van der Waals surface area contributed by atoms with Crippen molar-refractivity contribution in [3.8, 4) is 5.75 Å². The largest absolute Gasteiger partial charge is 0.484 e. The average Bonchev–Trinajstić information content (AvgIpc) is 3.42. The third kappa shape index (κ3) is 5.62. The van der Waals surface area contributed by atoms with Crippen LogP contribution in [0.25, 0.3) is 0 Å². The van der Waals surface area contributed by atoms with Gasteiger partial charge in [0.15, 0.2) is 12.4 Å². The van der Waals surface area contributed by atoms with Crippen molar-refractivity contribution in [1.29, 1.82) is 0 Å². The molecule has 2 aliphatic carbocycles. The molecule has 0 radical (unpaired) electrons. The number of Topliss-reactive ketones (excluding diaryl/α,β-unsaturated/α-hetero) is 1. The molecule has 0 aromatic heterocycles. The van der Waals surface area contributed by atoms with E-state index in [4.69, 9.17) is 4.74 Å². The number of benzene rings is 2. The van der Waals surface area contributed by atoms with Crippen LogP contribution in [0.5, 0.6) is 5.75 Å². The number of rotatable bonds is 9. The predicted octanol–water partition coefficient (Wildman–Crippen LogP) is 4.01. The van der Waals surface area contributed by atoms with Crippen molar-refractivity contribution in [2.24, 2.45) is 17.8 Å². The highest BCUT2D eigenvalue weighted by molar-refractivity contribution is 7.89. The lowest BCUT2D eigenvalue weighted by atomic mass is 9.84. The summed E-state index contributed by atoms with van der Waals surface area (Å²) in [6, 6.07) is 12.6. The van der Waals surface area contributed by atoms with Gasteiger partial charge in [-0.15, -0.1) is 0 Å². The number of anilines is 1. The summed E-state index contributed by atoms with van der Waals surface area (Å²) in [5.74, 6) is 1.88. The number of hydrogen-bond acceptors (Lipinski definition) is 5. The van der Waals surface area contributed by atoms with Gasteiger partial charge in [0.2, 0.25) is 10.0 Å². The summed E-state index contributed by atoms with van der Waals surface area (Å²) < 4.78 is 33.9. The fraction of sp³-hybridized carbons (Fsp3) is 0.440. The Morgan fingerprint density at radius 3 is 2.30 bits per heavy atom. The summed E-state index contributed by atoms with van der Waals surface area (Å²) in [5, 5.41) is 2.69. The van der Waals surface area contributed by atoms with E-state index in [1.54, 1.807) is 36.4 Å². The highest BCUT2D eigenvalue weighted by Crippen LogP contribution is 2.49. The Balaban J connectivity index is 1.29. The van der Waals surface area contributed by atoms with Crippen LogP contribution in [0.4, 0.5) is 5.69 Å². The first-order valence-electron chi connectivity index (χ1n) is 11.4. The molecule has 2 aliphatic rings. The van der Waals surface area contributed by atoms with Gasteiger partial charge in [0.25, 0.3) is 5.91 Å². The molecule has 33 heavy (non-hydrogen) atoms. The molecule has 7 nitrogen and oxygen atoms in total. The van der Waals surface area contributed by atoms with Crippen LogP contribution < -0.4 is 14.8 Å². The minimum absolute atomic E-state index is 0.0417. The van der Waals surface area contributed by atoms with Gasteiger partial charge in [-0.25, -0.2) is 13.1 Å². The summed E-state index contributed by atoms with van der Waals surface area (Å²) >= 11 is 0. The Labute approximate surface area is 195 Å². The molecule has 2 aromatic carbocycles. The summed E-state index contributed by atoms with van der Waals surface area (Å²) in [7, 11) is -3.63. The van der Waals surface area contributed by atoms with Gasteiger partial charge < -0.3 is 10.1 Å². The van der Waals surface area contributed by atoms with E-state index in [1.807, 2.05) is 6.92 Å². The third-order valence-electron chi connectivity index (χ3n) is 6.86. The minimum atomic E-state index is -3.63. The lowest BCUT2D eigenvalue weighted by Gasteiger charge is -2.28. The number of ketones is 1. The maximum Gasteiger partial charge on any atom is 0.262 e. The monoisotopic (exact) mass is 470 g/mol. The van der Waals surface area contributed by atoms with Gasteiger partial charge in [-0.1, -0.05) is 6.42 Å². The quantitative estimate of drug-likeness (QED) is 0.539. The molecule has 0 spiro atoms. The van der Waals surface area contributed by atoms with Crippen LogP contribution >= 0.6 is 0 Å². The van der Waals surface area contributed by atoms with Crippen LogP contribution in [0.2, 0.25) is 0 Å². The number of amides is 1. The molecule has 2 N–H and O–H groups in total. The molecule has 0 saturated heterocycles. The van der Waals surface area contributed by atoms with E-state index in [0.717, 1.165) is 12.3 Å². The van der Waals surface area contributed by atoms with E-state index in [2.05, 4.69) is 10.0 Å². The standard InChI is InChI=1S/C25H30N2O5S/c1-16(24-14-18-3-4-20(24)13-18)27-33(30,31)23-11-7-21(8-12-23)26-25(29)15-32-22-9-5-19(6-10-22)17(2)28/h5-12,16,18,20,24,27H,3-4,13-15H2,1-2H3,(H,26,29). The van der Waals surface area contributed by atoms with Crippen molar-refractivity contribution in [3.05, 3.63) is 54.1 Å². The van der Waals surface area contributed by atoms with Crippen LogP contribution in [0.3, 0.4) is 0 Å². The Kier molecular flexibility index (Phi) is 6.86. The lowest BCUT2D eigenvalue weighted by Crippen LogP contribution is -2.40. The molecular weight excluding hydrogens is 440 g/mol. The van der Waals surface area contributed by atoms with Crippen molar-refractivity contribution in [2.75, 3.05) is 11.9 Å². The first-order chi connectivity index (χ1) is 15.7. The maximum absolute atomic E-state index is 12.8. The van der Waals surface area contributed by atoms with E-state index >= 15 is 0 Å². The van der Waals surface area contributed by atoms with Gasteiger partial charge in [0.05, 0.1) is 4.90 Å². The molecule has 2 saturated carbocycles. The summed E-state index contributed by atoms with van der Waals surface area (Å²) in [4.78, 5) is 23.7. The molecule has 1 amide bonds. The number of fused-ring (bicyclic) bond motifs is 2. The lowest BCUT2D eigenvalue weighted by molar-refractivity contribution is -0.118. The molecule has 4 rings (SSSR count). The molecule has 2 aromatic rings. The summed E-state index contributed by atoms with van der Waals surface area (Å²) in [6.07, 6.45) is 4.84. The fourth-order valence-corrected chi connectivity index (χ4v) is 6.45. The van der Waals surface area contributed by atoms with E-state index in [0.29, 0.717) is 28.8 Å². The van der Waals surface area contributed by atoms with Crippen molar-refractivity contribution >= 4 is 27.4 Å². The van der Waals surface area contributed by atoms with Crippen molar-refractivity contribution in [1.82, 2.24) is 4.72 Å². The van der Waals surface area contributed by atoms with E-state index in [1.165, 1.54) is 38.3 Å². The first-order valence-corrected chi connectivity index (χ1v) is 12.9. The second-order valence-electron chi connectivity index (χ2n) is 9.19. The smallest absolute Gasteiger partial charge is 0.262 e. The normalized spacial score (nSPS) is 22.7. The first kappa shape index (κ1) is 23.4. The van der Waals surface area contributed by atoms with Crippen LogP contribution in [-0.4, -0.2) is 32.8 Å². The molecule has 4 unspecified atom stereocenters. The Bertz CT molecular complexity index is 1110. The zero-order valence-electron chi connectivity index (χ0n) is 18.9. The Hall–Kier alpha value is -2.71.